The fourth-order valence-electron chi connectivity index (χ4n) is 1.60. The van der Waals surface area contributed by atoms with Gasteiger partial charge in [-0.2, -0.15) is 0 Å². The van der Waals surface area contributed by atoms with E-state index in [1.54, 1.807) is 0 Å². The summed E-state index contributed by atoms with van der Waals surface area (Å²) in [4.78, 5) is 20.1. The maximum atomic E-state index is 10.1. The number of hydrogen-bond acceptors (Lipinski definition) is 2. The van der Waals surface area contributed by atoms with Crippen molar-refractivity contribution in [1.82, 2.24) is 0 Å². The van der Waals surface area contributed by atoms with E-state index in [4.69, 9.17) is 10.8 Å². The minimum absolute atomic E-state index is 0.0880. The molecule has 3 N–H and O–H groups in total. The molecule has 1 atom stereocenters. The molecule has 0 aliphatic rings. The first-order chi connectivity index (χ1) is 8.95. The Bertz CT molecular complexity index is 221. The van der Waals surface area contributed by atoms with E-state index >= 15 is 0 Å². The van der Waals surface area contributed by atoms with Crippen molar-refractivity contribution in [3.8, 4) is 0 Å². The Kier molecular flexibility index (Phi) is 16.0. The van der Waals surface area contributed by atoms with Crippen LogP contribution >= 0.6 is 0 Å². The van der Waals surface area contributed by atoms with Crippen LogP contribution in [-0.4, -0.2) is 17.0 Å². The molecule has 0 aliphatic carbocycles. The first-order valence-electron chi connectivity index (χ1n) is 7.46. The van der Waals surface area contributed by atoms with Crippen molar-refractivity contribution in [3.05, 3.63) is 0 Å². The number of carboxylic acids is 1. The maximum Gasteiger partial charge on any atom is 0.306 e. The smallest absolute Gasteiger partial charge is 0.306 e. The number of nitrogens with two attached hydrogens (primary N) is 1. The number of carbonyl (C=O) groups is 2. The van der Waals surface area contributed by atoms with Crippen LogP contribution in [0.15, 0.2) is 0 Å². The Morgan fingerprint density at radius 3 is 1.53 bits per heavy atom. The van der Waals surface area contributed by atoms with Crippen LogP contribution in [0, 0.1) is 5.92 Å². The molecule has 0 spiro atoms. The summed E-state index contributed by atoms with van der Waals surface area (Å²) >= 11 is 0. The van der Waals surface area contributed by atoms with Crippen molar-refractivity contribution in [2.45, 2.75) is 78.6 Å². The highest BCUT2D eigenvalue weighted by atomic mass is 16.4. The van der Waals surface area contributed by atoms with E-state index in [1.807, 2.05) is 0 Å². The van der Waals surface area contributed by atoms with Gasteiger partial charge in [0.15, 0.2) is 0 Å². The van der Waals surface area contributed by atoms with Gasteiger partial charge >= 0.3 is 5.97 Å². The minimum Gasteiger partial charge on any atom is -0.481 e. The lowest BCUT2D eigenvalue weighted by Gasteiger charge is -1.99. The first-order valence-corrected chi connectivity index (χ1v) is 7.46. The van der Waals surface area contributed by atoms with E-state index in [9.17, 15) is 9.59 Å². The third kappa shape index (κ3) is 19.5. The summed E-state index contributed by atoms with van der Waals surface area (Å²) in [6, 6.07) is 0. The van der Waals surface area contributed by atoms with Gasteiger partial charge in [0.05, 0.1) is 5.92 Å². The second kappa shape index (κ2) is 15.0. The van der Waals surface area contributed by atoms with Crippen LogP contribution in [0.1, 0.15) is 78.6 Å². The van der Waals surface area contributed by atoms with Gasteiger partial charge in [-0.15, -0.1) is 0 Å². The van der Waals surface area contributed by atoms with Gasteiger partial charge in [0, 0.05) is 6.42 Å². The highest BCUT2D eigenvalue weighted by molar-refractivity contribution is 5.80. The monoisotopic (exact) mass is 273 g/mol. The van der Waals surface area contributed by atoms with Crippen LogP contribution in [0.3, 0.4) is 0 Å². The molecule has 0 bridgehead atoms. The predicted octanol–water partition coefficient (Wildman–Crippen LogP) is 3.73. The summed E-state index contributed by atoms with van der Waals surface area (Å²) in [5.41, 5.74) is 4.73. The Hall–Kier alpha value is -1.06. The van der Waals surface area contributed by atoms with Crippen LogP contribution in [0.4, 0.5) is 0 Å². The van der Waals surface area contributed by atoms with Gasteiger partial charge in [-0.05, 0) is 0 Å². The topological polar surface area (TPSA) is 80.4 Å². The highest BCUT2D eigenvalue weighted by Crippen LogP contribution is 2.07. The number of unbranched alkanes of at least 4 members (excludes halogenated alkanes) is 7. The van der Waals surface area contributed by atoms with Gasteiger partial charge in [-0.3, -0.25) is 9.59 Å². The number of carboxylic acid groups (broad SMARTS) is 1. The van der Waals surface area contributed by atoms with E-state index in [1.165, 1.54) is 58.3 Å². The van der Waals surface area contributed by atoms with Crippen LogP contribution < -0.4 is 5.73 Å². The van der Waals surface area contributed by atoms with Crippen molar-refractivity contribution in [1.29, 1.82) is 0 Å². The largest absolute Gasteiger partial charge is 0.481 e. The Morgan fingerprint density at radius 1 is 0.947 bits per heavy atom. The molecule has 1 unspecified atom stereocenters. The standard InChI is InChI=1S/C10H22.C5H9NO3/c1-3-5-7-9-10-8-6-4-2;1-3(5(8)9)2-4(6)7/h3-10H2,1-2H3;3H,2H2,1H3,(H2,6,7)(H,8,9). The summed E-state index contributed by atoms with van der Waals surface area (Å²) < 4.78 is 0. The summed E-state index contributed by atoms with van der Waals surface area (Å²) in [6.07, 6.45) is 11.4. The van der Waals surface area contributed by atoms with E-state index in [0.29, 0.717) is 0 Å². The van der Waals surface area contributed by atoms with Gasteiger partial charge in [0.1, 0.15) is 0 Å². The fraction of sp³-hybridized carbons (Fsp3) is 0.867. The third-order valence-electron chi connectivity index (χ3n) is 2.89. The van der Waals surface area contributed by atoms with E-state index in [2.05, 4.69) is 13.8 Å². The SMILES string of the molecule is CC(CC(N)=O)C(=O)O.CCCCCCCCCC. The molecule has 1 amide bonds. The lowest BCUT2D eigenvalue weighted by molar-refractivity contribution is -0.143. The average Bonchev–Trinajstić information content (AvgIpc) is 2.33. The van der Waals surface area contributed by atoms with Crippen molar-refractivity contribution in [2.75, 3.05) is 0 Å². The van der Waals surface area contributed by atoms with Crippen molar-refractivity contribution in [3.63, 3.8) is 0 Å². The van der Waals surface area contributed by atoms with Crippen LogP contribution in [0.5, 0.6) is 0 Å². The molecular weight excluding hydrogens is 242 g/mol. The van der Waals surface area contributed by atoms with E-state index < -0.39 is 17.8 Å². The number of carbonyl (C=O) groups excluding carboxylic acids is 1. The lowest BCUT2D eigenvalue weighted by Crippen LogP contribution is -2.19. The quantitative estimate of drug-likeness (QED) is 0.595. The summed E-state index contributed by atoms with van der Waals surface area (Å²) in [5.74, 6) is -2.23. The second-order valence-electron chi connectivity index (χ2n) is 5.03. The zero-order valence-electron chi connectivity index (χ0n) is 12.8. The molecule has 4 heteroatoms. The van der Waals surface area contributed by atoms with E-state index in [0.717, 1.165) is 0 Å². The molecule has 0 radical (unpaired) electrons. The zero-order valence-corrected chi connectivity index (χ0v) is 12.8. The summed E-state index contributed by atoms with van der Waals surface area (Å²) in [5, 5.41) is 8.22. The molecule has 0 rings (SSSR count). The van der Waals surface area contributed by atoms with Gasteiger partial charge in [-0.25, -0.2) is 0 Å². The molecule has 0 saturated heterocycles. The first kappa shape index (κ1) is 20.3. The molecule has 0 fully saturated rings. The molecule has 0 heterocycles. The number of aliphatic carboxylic acids is 1. The van der Waals surface area contributed by atoms with Crippen molar-refractivity contribution >= 4 is 11.9 Å². The average molecular weight is 273 g/mol. The van der Waals surface area contributed by atoms with Crippen molar-refractivity contribution < 1.29 is 14.7 Å². The Balaban J connectivity index is 0. The maximum absolute atomic E-state index is 10.1. The second-order valence-corrected chi connectivity index (χ2v) is 5.03. The highest BCUT2D eigenvalue weighted by Gasteiger charge is 2.12. The number of hydrogen-bond donors (Lipinski definition) is 2. The number of rotatable bonds is 10. The van der Waals surface area contributed by atoms with Gasteiger partial charge in [0.25, 0.3) is 0 Å². The molecule has 19 heavy (non-hydrogen) atoms. The Labute approximate surface area is 117 Å². The van der Waals surface area contributed by atoms with Crippen LogP contribution in [0.25, 0.3) is 0 Å². The van der Waals surface area contributed by atoms with Gasteiger partial charge in [0.2, 0.25) is 5.91 Å². The van der Waals surface area contributed by atoms with Gasteiger partial charge in [-0.1, -0.05) is 72.1 Å². The molecule has 114 valence electrons. The molecular formula is C15H31NO3. The minimum atomic E-state index is -0.992. The third-order valence-corrected chi connectivity index (χ3v) is 2.89. The zero-order chi connectivity index (χ0) is 15.1. The number of amides is 1. The molecule has 4 nitrogen and oxygen atoms in total. The normalized spacial score (nSPS) is 11.3. The molecule has 0 aromatic carbocycles. The van der Waals surface area contributed by atoms with Gasteiger partial charge < -0.3 is 10.8 Å². The van der Waals surface area contributed by atoms with Crippen molar-refractivity contribution in [2.24, 2.45) is 11.7 Å². The molecule has 0 aromatic rings. The fourth-order valence-corrected chi connectivity index (χ4v) is 1.60. The Morgan fingerprint density at radius 2 is 1.32 bits per heavy atom. The summed E-state index contributed by atoms with van der Waals surface area (Å²) in [6.45, 7) is 5.98. The predicted molar refractivity (Wildman–Crippen MR) is 78.9 cm³/mol. The van der Waals surface area contributed by atoms with Crippen LogP contribution in [-0.2, 0) is 9.59 Å². The molecule has 0 saturated carbocycles. The van der Waals surface area contributed by atoms with E-state index in [-0.39, 0.29) is 6.42 Å². The number of primary amides is 1. The van der Waals surface area contributed by atoms with Crippen LogP contribution in [0.2, 0.25) is 0 Å². The molecule has 0 aliphatic heterocycles. The lowest BCUT2D eigenvalue weighted by atomic mass is 10.1. The molecule has 0 aromatic heterocycles. The summed E-state index contributed by atoms with van der Waals surface area (Å²) in [7, 11) is 0.